The second kappa shape index (κ2) is 4.80. The van der Waals surface area contributed by atoms with Crippen molar-refractivity contribution in [2.24, 2.45) is 9.98 Å². The Labute approximate surface area is 141 Å². The number of imide groups is 1. The molecule has 7 heteroatoms. The highest BCUT2D eigenvalue weighted by molar-refractivity contribution is 6.48. The molecule has 0 spiro atoms. The van der Waals surface area contributed by atoms with Crippen LogP contribution in [0.2, 0.25) is 0 Å². The van der Waals surface area contributed by atoms with E-state index >= 15 is 0 Å². The summed E-state index contributed by atoms with van der Waals surface area (Å²) in [5.41, 5.74) is -0.463. The lowest BCUT2D eigenvalue weighted by Gasteiger charge is -2.44. The fraction of sp³-hybridized carbons (Fsp3) is 0.765. The molecule has 128 valence electrons. The summed E-state index contributed by atoms with van der Waals surface area (Å²) in [4.78, 5) is 40.9. The average molecular weight is 329 g/mol. The van der Waals surface area contributed by atoms with E-state index in [9.17, 15) is 9.59 Å². The fourth-order valence-electron chi connectivity index (χ4n) is 4.13. The zero-order valence-electron chi connectivity index (χ0n) is 14.1. The van der Waals surface area contributed by atoms with Crippen LogP contribution in [-0.2, 0) is 4.79 Å². The Hall–Kier alpha value is -1.92. The van der Waals surface area contributed by atoms with Crippen LogP contribution >= 0.6 is 0 Å². The molecule has 0 N–H and O–H groups in total. The molecule has 0 radical (unpaired) electrons. The van der Waals surface area contributed by atoms with E-state index in [0.29, 0.717) is 11.7 Å². The molecular formula is C17H23N5O2. The van der Waals surface area contributed by atoms with E-state index in [2.05, 4.69) is 9.89 Å². The van der Waals surface area contributed by atoms with Gasteiger partial charge in [-0.2, -0.15) is 0 Å². The molecule has 4 fully saturated rings. The molecule has 1 unspecified atom stereocenters. The van der Waals surface area contributed by atoms with E-state index < -0.39 is 5.66 Å². The van der Waals surface area contributed by atoms with Crippen molar-refractivity contribution in [1.29, 1.82) is 0 Å². The molecule has 3 heterocycles. The number of piperidine rings is 1. The number of guanidine groups is 1. The molecule has 7 nitrogen and oxygen atoms in total. The number of aliphatic imine (C=N–C) groups is 2. The third kappa shape index (κ3) is 1.96. The maximum Gasteiger partial charge on any atom is 0.329 e. The van der Waals surface area contributed by atoms with E-state index in [1.807, 2.05) is 11.8 Å². The summed E-state index contributed by atoms with van der Waals surface area (Å²) < 4.78 is 0. The van der Waals surface area contributed by atoms with E-state index in [4.69, 9.17) is 4.99 Å². The van der Waals surface area contributed by atoms with Crippen molar-refractivity contribution in [2.75, 3.05) is 13.1 Å². The molecule has 0 aromatic rings. The van der Waals surface area contributed by atoms with Gasteiger partial charge >= 0.3 is 6.03 Å². The minimum absolute atomic E-state index is 0.0672. The predicted octanol–water partition coefficient (Wildman–Crippen LogP) is 1.59. The topological polar surface area (TPSA) is 68.6 Å². The van der Waals surface area contributed by atoms with Crippen molar-refractivity contribution in [3.63, 3.8) is 0 Å². The van der Waals surface area contributed by atoms with Gasteiger partial charge in [-0.25, -0.2) is 14.8 Å². The first-order valence-electron chi connectivity index (χ1n) is 9.20. The monoisotopic (exact) mass is 329 g/mol. The molecule has 2 saturated heterocycles. The van der Waals surface area contributed by atoms with Crippen LogP contribution < -0.4 is 0 Å². The first kappa shape index (κ1) is 14.4. The van der Waals surface area contributed by atoms with E-state index in [1.165, 1.54) is 11.3 Å². The van der Waals surface area contributed by atoms with Crippen molar-refractivity contribution >= 4 is 23.6 Å². The molecular weight excluding hydrogens is 306 g/mol. The molecule has 5 aliphatic rings. The summed E-state index contributed by atoms with van der Waals surface area (Å²) in [6.07, 6.45) is 7.33. The van der Waals surface area contributed by atoms with Crippen LogP contribution in [-0.4, -0.2) is 69.1 Å². The van der Waals surface area contributed by atoms with Crippen LogP contribution in [0.3, 0.4) is 0 Å². The Morgan fingerprint density at radius 2 is 1.67 bits per heavy atom. The van der Waals surface area contributed by atoms with Crippen LogP contribution in [0.5, 0.6) is 0 Å². The Bertz CT molecular complexity index is 672. The summed E-state index contributed by atoms with van der Waals surface area (Å²) in [6, 6.07) is 0.110. The van der Waals surface area contributed by atoms with Crippen molar-refractivity contribution in [1.82, 2.24) is 14.7 Å². The van der Waals surface area contributed by atoms with Crippen molar-refractivity contribution < 1.29 is 9.59 Å². The Morgan fingerprint density at radius 3 is 2.29 bits per heavy atom. The Balaban J connectivity index is 1.55. The third-order valence-electron chi connectivity index (χ3n) is 5.74. The van der Waals surface area contributed by atoms with Gasteiger partial charge in [-0.3, -0.25) is 14.6 Å². The summed E-state index contributed by atoms with van der Waals surface area (Å²) in [6.45, 7) is 3.76. The van der Waals surface area contributed by atoms with E-state index in [-0.39, 0.29) is 24.0 Å². The fourth-order valence-corrected chi connectivity index (χ4v) is 4.13. The van der Waals surface area contributed by atoms with Gasteiger partial charge in [0, 0.05) is 25.2 Å². The van der Waals surface area contributed by atoms with Gasteiger partial charge in [0.1, 0.15) is 0 Å². The van der Waals surface area contributed by atoms with Crippen LogP contribution in [0.15, 0.2) is 9.98 Å². The number of urea groups is 1. The van der Waals surface area contributed by atoms with E-state index in [1.54, 1.807) is 0 Å². The smallest absolute Gasteiger partial charge is 0.329 e. The molecule has 3 aliphatic heterocycles. The molecule has 5 rings (SSSR count). The maximum atomic E-state index is 13.0. The number of nitrogens with zero attached hydrogens (tertiary/aromatic N) is 5. The van der Waals surface area contributed by atoms with Crippen LogP contribution in [0.25, 0.3) is 0 Å². The van der Waals surface area contributed by atoms with Gasteiger partial charge in [0.15, 0.2) is 11.4 Å². The average Bonchev–Trinajstić information content (AvgIpc) is 3.48. The molecule has 0 bridgehead atoms. The molecule has 1 atom stereocenters. The SMILES string of the molecule is CC12N=C(N3CCCCC3)N=C1C(=O)N(C1CC1)C(=O)N2C1CC1. The normalized spacial score (nSPS) is 33.6. The largest absolute Gasteiger partial charge is 0.341 e. The number of hydrogen-bond acceptors (Lipinski definition) is 5. The van der Waals surface area contributed by atoms with Gasteiger partial charge in [0.25, 0.3) is 5.91 Å². The highest BCUT2D eigenvalue weighted by Crippen LogP contribution is 2.43. The Kier molecular flexibility index (Phi) is 2.89. The molecule has 3 amide bonds. The predicted molar refractivity (Wildman–Crippen MR) is 88.8 cm³/mol. The molecule has 0 aromatic heterocycles. The first-order chi connectivity index (χ1) is 11.6. The van der Waals surface area contributed by atoms with Crippen LogP contribution in [0, 0.1) is 0 Å². The standard InChI is InChI=1S/C17H23N5O2/c1-17-13(18-15(19-17)20-9-3-2-4-10-20)14(23)21(11-5-6-11)16(24)22(17)12-7-8-12/h11-12H,2-10H2,1H3. The van der Waals surface area contributed by atoms with Crippen molar-refractivity contribution in [3.05, 3.63) is 0 Å². The summed E-state index contributed by atoms with van der Waals surface area (Å²) >= 11 is 0. The van der Waals surface area contributed by atoms with Crippen molar-refractivity contribution in [3.8, 4) is 0 Å². The lowest BCUT2D eigenvalue weighted by molar-refractivity contribution is -0.124. The molecule has 24 heavy (non-hydrogen) atoms. The molecule has 0 aromatic carbocycles. The second-order valence-corrected chi connectivity index (χ2v) is 7.73. The van der Waals surface area contributed by atoms with Gasteiger partial charge < -0.3 is 4.90 Å². The Morgan fingerprint density at radius 1 is 1.00 bits per heavy atom. The second-order valence-electron chi connectivity index (χ2n) is 7.73. The van der Waals surface area contributed by atoms with Crippen molar-refractivity contribution in [2.45, 2.75) is 69.6 Å². The summed E-state index contributed by atoms with van der Waals surface area (Å²) in [5.74, 6) is 0.425. The maximum absolute atomic E-state index is 13.0. The quantitative estimate of drug-likeness (QED) is 0.772. The number of hydrogen-bond donors (Lipinski definition) is 0. The van der Waals surface area contributed by atoms with E-state index in [0.717, 1.165) is 51.6 Å². The summed E-state index contributed by atoms with van der Waals surface area (Å²) in [5, 5.41) is 0. The minimum atomic E-state index is -0.909. The summed E-state index contributed by atoms with van der Waals surface area (Å²) in [7, 11) is 0. The number of fused-ring (bicyclic) bond motifs is 1. The van der Waals surface area contributed by atoms with Gasteiger partial charge in [-0.15, -0.1) is 0 Å². The lowest BCUT2D eigenvalue weighted by atomic mass is 10.0. The zero-order chi connectivity index (χ0) is 16.5. The number of likely N-dealkylation sites (tertiary alicyclic amines) is 1. The van der Waals surface area contributed by atoms with Gasteiger partial charge in [-0.05, 0) is 51.9 Å². The zero-order valence-corrected chi connectivity index (χ0v) is 14.1. The number of carbonyl (C=O) groups is 2. The molecule has 2 saturated carbocycles. The van der Waals surface area contributed by atoms with Gasteiger partial charge in [-0.1, -0.05) is 0 Å². The third-order valence-corrected chi connectivity index (χ3v) is 5.74. The highest BCUT2D eigenvalue weighted by atomic mass is 16.2. The number of carbonyl (C=O) groups excluding carboxylic acids is 2. The minimum Gasteiger partial charge on any atom is -0.341 e. The number of amides is 3. The lowest BCUT2D eigenvalue weighted by Crippen LogP contribution is -2.68. The molecule has 2 aliphatic carbocycles. The number of rotatable bonds is 2. The van der Waals surface area contributed by atoms with Crippen LogP contribution in [0.1, 0.15) is 51.9 Å². The van der Waals surface area contributed by atoms with Crippen LogP contribution in [0.4, 0.5) is 4.79 Å². The van der Waals surface area contributed by atoms with Gasteiger partial charge in [0.2, 0.25) is 5.96 Å². The first-order valence-corrected chi connectivity index (χ1v) is 9.20. The van der Waals surface area contributed by atoms with Gasteiger partial charge in [0.05, 0.1) is 0 Å². The highest BCUT2D eigenvalue weighted by Gasteiger charge is 2.60.